The molecule has 0 saturated heterocycles. The van der Waals surface area contributed by atoms with E-state index in [9.17, 15) is 28.8 Å². The van der Waals surface area contributed by atoms with E-state index < -0.39 is 35.0 Å². The van der Waals surface area contributed by atoms with E-state index in [2.05, 4.69) is 10.1 Å². The van der Waals surface area contributed by atoms with Gasteiger partial charge >= 0.3 is 18.3 Å². The quantitative estimate of drug-likeness (QED) is 0.564. The molecule has 2 atom stereocenters. The van der Waals surface area contributed by atoms with Gasteiger partial charge in [0.2, 0.25) is 5.75 Å². The Morgan fingerprint density at radius 2 is 2.14 bits per heavy atom. The van der Waals surface area contributed by atoms with Gasteiger partial charge in [-0.25, -0.2) is 4.79 Å². The molecule has 0 unspecified atom stereocenters. The minimum Gasteiger partial charge on any atom is -0.480 e. The van der Waals surface area contributed by atoms with Gasteiger partial charge in [-0.3, -0.25) is 10.1 Å². The number of ether oxygens (including phenoxy) is 1. The number of hydrogen-bond acceptors (Lipinski definition) is 5. The predicted octanol–water partition coefficient (Wildman–Crippen LogP) is 3.11. The fourth-order valence-electron chi connectivity index (χ4n) is 1.81. The van der Waals surface area contributed by atoms with Crippen LogP contribution in [0.2, 0.25) is 0 Å². The van der Waals surface area contributed by atoms with Crippen molar-refractivity contribution in [1.29, 1.82) is 0 Å². The van der Waals surface area contributed by atoms with Crippen molar-refractivity contribution in [2.24, 2.45) is 5.92 Å². The maximum Gasteiger partial charge on any atom is 0.387 e. The van der Waals surface area contributed by atoms with Crippen molar-refractivity contribution in [1.82, 2.24) is 0 Å². The Bertz CT molecular complexity index is 553. The molecule has 0 radical (unpaired) electrons. The lowest BCUT2D eigenvalue weighted by molar-refractivity contribution is -0.386. The number of anilines is 1. The van der Waals surface area contributed by atoms with Gasteiger partial charge < -0.3 is 15.2 Å². The molecule has 0 heterocycles. The third-order valence-corrected chi connectivity index (χ3v) is 3.17. The number of halogens is 2. The van der Waals surface area contributed by atoms with Crippen molar-refractivity contribution in [3.05, 3.63) is 28.3 Å². The van der Waals surface area contributed by atoms with Crippen molar-refractivity contribution in [2.75, 3.05) is 5.32 Å². The summed E-state index contributed by atoms with van der Waals surface area (Å²) in [5, 5.41) is 22.6. The summed E-state index contributed by atoms with van der Waals surface area (Å²) in [6.45, 7) is 0.302. The summed E-state index contributed by atoms with van der Waals surface area (Å²) in [5.41, 5.74) is -0.477. The maximum absolute atomic E-state index is 12.3. The smallest absolute Gasteiger partial charge is 0.387 e. The number of carbonyl (C=O) groups is 1. The number of nitrogens with zero attached hydrogens (tertiary/aromatic N) is 1. The third kappa shape index (κ3) is 4.54. The van der Waals surface area contributed by atoms with Crippen LogP contribution in [0.4, 0.5) is 20.2 Å². The second-order valence-electron chi connectivity index (χ2n) is 4.66. The summed E-state index contributed by atoms with van der Waals surface area (Å²) >= 11 is 0. The average molecular weight is 318 g/mol. The van der Waals surface area contributed by atoms with Gasteiger partial charge in [0.1, 0.15) is 6.04 Å². The van der Waals surface area contributed by atoms with Gasteiger partial charge in [0, 0.05) is 17.8 Å². The number of carboxylic acids is 1. The second kappa shape index (κ2) is 7.53. The van der Waals surface area contributed by atoms with E-state index in [0.29, 0.717) is 6.42 Å². The predicted molar refractivity (Wildman–Crippen MR) is 74.2 cm³/mol. The van der Waals surface area contributed by atoms with E-state index in [4.69, 9.17) is 0 Å². The number of nitro benzene ring substituents is 1. The van der Waals surface area contributed by atoms with Gasteiger partial charge in [0.15, 0.2) is 0 Å². The number of benzene rings is 1. The van der Waals surface area contributed by atoms with Crippen molar-refractivity contribution < 1.29 is 28.3 Å². The van der Waals surface area contributed by atoms with Crippen LogP contribution >= 0.6 is 0 Å². The molecular weight excluding hydrogens is 302 g/mol. The van der Waals surface area contributed by atoms with Crippen LogP contribution in [0.25, 0.3) is 0 Å². The first-order valence-corrected chi connectivity index (χ1v) is 6.48. The molecule has 9 heteroatoms. The molecule has 0 amide bonds. The first kappa shape index (κ1) is 17.6. The number of nitrogens with one attached hydrogen (secondary N) is 1. The molecule has 0 saturated carbocycles. The minimum absolute atomic E-state index is 0.147. The zero-order chi connectivity index (χ0) is 16.9. The summed E-state index contributed by atoms with van der Waals surface area (Å²) < 4.78 is 28.7. The van der Waals surface area contributed by atoms with E-state index in [1.807, 2.05) is 6.92 Å². The standard InChI is InChI=1S/C13H16F2N2O5/c1-3-7(2)11(12(18)19)16-8-4-5-9(17(20)21)10(6-8)22-13(14)15/h4-7,11,13,16H,3H2,1-2H3,(H,18,19)/t7-,11-/m0/s1. The molecule has 1 aromatic rings. The van der Waals surface area contributed by atoms with Crippen LogP contribution in [-0.4, -0.2) is 28.7 Å². The number of aliphatic carboxylic acids is 1. The Hall–Kier alpha value is -2.45. The molecule has 122 valence electrons. The molecule has 22 heavy (non-hydrogen) atoms. The molecule has 0 aromatic heterocycles. The van der Waals surface area contributed by atoms with Crippen LogP contribution in [-0.2, 0) is 4.79 Å². The van der Waals surface area contributed by atoms with Gasteiger partial charge in [-0.1, -0.05) is 20.3 Å². The first-order valence-electron chi connectivity index (χ1n) is 6.48. The van der Waals surface area contributed by atoms with Gasteiger partial charge in [0.05, 0.1) is 4.92 Å². The largest absolute Gasteiger partial charge is 0.480 e. The normalized spacial score (nSPS) is 13.5. The summed E-state index contributed by atoms with van der Waals surface area (Å²) in [6, 6.07) is 2.26. The van der Waals surface area contributed by atoms with Gasteiger partial charge in [0.25, 0.3) is 0 Å². The molecule has 0 spiro atoms. The van der Waals surface area contributed by atoms with Gasteiger partial charge in [-0.15, -0.1) is 0 Å². The van der Waals surface area contributed by atoms with E-state index in [0.717, 1.165) is 12.1 Å². The Morgan fingerprint density at radius 1 is 1.50 bits per heavy atom. The van der Waals surface area contributed by atoms with E-state index in [-0.39, 0.29) is 11.6 Å². The number of rotatable bonds is 8. The molecule has 1 aromatic carbocycles. The lowest BCUT2D eigenvalue weighted by atomic mass is 9.99. The molecule has 0 fully saturated rings. The lowest BCUT2D eigenvalue weighted by Gasteiger charge is -2.21. The third-order valence-electron chi connectivity index (χ3n) is 3.17. The monoisotopic (exact) mass is 318 g/mol. The molecule has 0 aliphatic carbocycles. The molecule has 0 aliphatic heterocycles. The number of hydrogen-bond donors (Lipinski definition) is 2. The van der Waals surface area contributed by atoms with Crippen molar-refractivity contribution in [2.45, 2.75) is 32.9 Å². The summed E-state index contributed by atoms with van der Waals surface area (Å²) in [4.78, 5) is 21.1. The Kier molecular flexibility index (Phi) is 6.02. The van der Waals surface area contributed by atoms with Crippen LogP contribution in [0.15, 0.2) is 18.2 Å². The van der Waals surface area contributed by atoms with Crippen LogP contribution < -0.4 is 10.1 Å². The molecular formula is C13H16F2N2O5. The second-order valence-corrected chi connectivity index (χ2v) is 4.66. The number of carboxylic acid groups (broad SMARTS) is 1. The minimum atomic E-state index is -3.22. The first-order chi connectivity index (χ1) is 10.3. The van der Waals surface area contributed by atoms with Gasteiger partial charge in [-0.2, -0.15) is 8.78 Å². The van der Waals surface area contributed by atoms with E-state index >= 15 is 0 Å². The van der Waals surface area contributed by atoms with Crippen LogP contribution in [0, 0.1) is 16.0 Å². The van der Waals surface area contributed by atoms with Crippen LogP contribution in [0.1, 0.15) is 20.3 Å². The SMILES string of the molecule is CC[C@H](C)[C@H](Nc1ccc([N+](=O)[O-])c(OC(F)F)c1)C(=O)O. The maximum atomic E-state index is 12.3. The van der Waals surface area contributed by atoms with E-state index in [1.54, 1.807) is 6.92 Å². The van der Waals surface area contributed by atoms with Crippen molar-refractivity contribution >= 4 is 17.3 Å². The Balaban J connectivity index is 3.09. The zero-order valence-electron chi connectivity index (χ0n) is 12.0. The Morgan fingerprint density at radius 3 is 2.59 bits per heavy atom. The highest BCUT2D eigenvalue weighted by Crippen LogP contribution is 2.32. The number of alkyl halides is 2. The highest BCUT2D eigenvalue weighted by Gasteiger charge is 2.25. The van der Waals surface area contributed by atoms with Crippen molar-refractivity contribution in [3.8, 4) is 5.75 Å². The Labute approximate surface area is 125 Å². The number of nitro groups is 1. The van der Waals surface area contributed by atoms with Crippen LogP contribution in [0.3, 0.4) is 0 Å². The highest BCUT2D eigenvalue weighted by molar-refractivity contribution is 5.78. The highest BCUT2D eigenvalue weighted by atomic mass is 19.3. The van der Waals surface area contributed by atoms with Crippen molar-refractivity contribution in [3.63, 3.8) is 0 Å². The zero-order valence-corrected chi connectivity index (χ0v) is 12.0. The molecule has 0 aliphatic rings. The fourth-order valence-corrected chi connectivity index (χ4v) is 1.81. The molecule has 2 N–H and O–H groups in total. The average Bonchev–Trinajstić information content (AvgIpc) is 2.42. The molecule has 7 nitrogen and oxygen atoms in total. The van der Waals surface area contributed by atoms with E-state index in [1.165, 1.54) is 6.07 Å². The lowest BCUT2D eigenvalue weighted by Crippen LogP contribution is -2.35. The summed E-state index contributed by atoms with van der Waals surface area (Å²) in [5.74, 6) is -1.96. The fraction of sp³-hybridized carbons (Fsp3) is 0.462. The molecule has 0 bridgehead atoms. The summed E-state index contributed by atoms with van der Waals surface area (Å²) in [6.07, 6.45) is 0.581. The molecule has 1 rings (SSSR count). The topological polar surface area (TPSA) is 102 Å². The van der Waals surface area contributed by atoms with Crippen LogP contribution in [0.5, 0.6) is 5.75 Å². The van der Waals surface area contributed by atoms with Gasteiger partial charge in [-0.05, 0) is 12.0 Å². The summed E-state index contributed by atoms with van der Waals surface area (Å²) in [7, 11) is 0.